The molecule has 1 saturated heterocycles. The van der Waals surface area contributed by atoms with Crippen molar-refractivity contribution in [3.63, 3.8) is 0 Å². The van der Waals surface area contributed by atoms with Gasteiger partial charge in [0.1, 0.15) is 0 Å². The van der Waals surface area contributed by atoms with Crippen LogP contribution in [0.2, 0.25) is 0 Å². The maximum absolute atomic E-state index is 9.64. The van der Waals surface area contributed by atoms with Gasteiger partial charge in [0.2, 0.25) is 0 Å². The van der Waals surface area contributed by atoms with E-state index in [2.05, 4.69) is 85.9 Å². The second-order valence-electron chi connectivity index (χ2n) is 9.41. The van der Waals surface area contributed by atoms with Crippen molar-refractivity contribution in [1.29, 1.82) is 0 Å². The maximum Gasteiger partial charge on any atom is 0.0434 e. The lowest BCUT2D eigenvalue weighted by molar-refractivity contribution is 0.290. The summed E-state index contributed by atoms with van der Waals surface area (Å²) in [7, 11) is 0. The second kappa shape index (κ2) is 10.9. The van der Waals surface area contributed by atoms with Gasteiger partial charge < -0.3 is 10.4 Å². The number of hydrogen-bond donors (Lipinski definition) is 2. The quantitative estimate of drug-likeness (QED) is 0.490. The highest BCUT2D eigenvalue weighted by Crippen LogP contribution is 2.43. The van der Waals surface area contributed by atoms with Crippen molar-refractivity contribution in [1.82, 2.24) is 5.32 Å². The van der Waals surface area contributed by atoms with Crippen LogP contribution in [-0.4, -0.2) is 24.8 Å². The molecule has 1 heterocycles. The molecule has 1 aliphatic heterocycles. The SMILES string of the molecule is Cc1ccc(/C(C2=CC=C(C3CCNCC3)C[C@H]2C)=C(\CCCO)c2ccccc2)cc1. The Morgan fingerprint density at radius 2 is 1.66 bits per heavy atom. The molecular weight excluding hydrogens is 390 g/mol. The van der Waals surface area contributed by atoms with E-state index in [0.717, 1.165) is 38.3 Å². The average Bonchev–Trinajstić information content (AvgIpc) is 2.84. The Morgan fingerprint density at radius 1 is 0.938 bits per heavy atom. The van der Waals surface area contributed by atoms with E-state index >= 15 is 0 Å². The molecule has 2 N–H and O–H groups in total. The minimum atomic E-state index is 0.214. The predicted molar refractivity (Wildman–Crippen MR) is 136 cm³/mol. The van der Waals surface area contributed by atoms with Crippen molar-refractivity contribution < 1.29 is 5.11 Å². The summed E-state index contributed by atoms with van der Waals surface area (Å²) in [5.74, 6) is 1.21. The van der Waals surface area contributed by atoms with Crippen LogP contribution in [0.3, 0.4) is 0 Å². The number of aryl methyl sites for hydroxylation is 1. The van der Waals surface area contributed by atoms with Gasteiger partial charge in [-0.05, 0) is 91.8 Å². The summed E-state index contributed by atoms with van der Waals surface area (Å²) in [5.41, 5.74) is 9.59. The molecule has 32 heavy (non-hydrogen) atoms. The number of nitrogens with one attached hydrogen (secondary N) is 1. The van der Waals surface area contributed by atoms with E-state index in [-0.39, 0.29) is 6.61 Å². The summed E-state index contributed by atoms with van der Waals surface area (Å²) in [4.78, 5) is 0. The monoisotopic (exact) mass is 427 g/mol. The first-order valence-electron chi connectivity index (χ1n) is 12.3. The summed E-state index contributed by atoms with van der Waals surface area (Å²) in [6.45, 7) is 7.03. The number of aliphatic hydroxyl groups excluding tert-OH is 1. The summed E-state index contributed by atoms with van der Waals surface area (Å²) < 4.78 is 0. The van der Waals surface area contributed by atoms with Crippen molar-refractivity contribution in [3.8, 4) is 0 Å². The van der Waals surface area contributed by atoms with E-state index in [1.54, 1.807) is 5.57 Å². The molecule has 0 amide bonds. The molecule has 0 unspecified atom stereocenters. The summed E-state index contributed by atoms with van der Waals surface area (Å²) in [5, 5.41) is 13.1. The zero-order valence-electron chi connectivity index (χ0n) is 19.6. The van der Waals surface area contributed by atoms with Gasteiger partial charge in [0.15, 0.2) is 0 Å². The van der Waals surface area contributed by atoms with Crippen LogP contribution < -0.4 is 5.32 Å². The van der Waals surface area contributed by atoms with E-state index in [4.69, 9.17) is 0 Å². The fourth-order valence-corrected chi connectivity index (χ4v) is 5.26. The van der Waals surface area contributed by atoms with Crippen LogP contribution in [0, 0.1) is 18.8 Å². The molecule has 0 saturated carbocycles. The Balaban J connectivity index is 1.83. The molecule has 0 spiro atoms. The van der Waals surface area contributed by atoms with Gasteiger partial charge in [-0.25, -0.2) is 0 Å². The third-order valence-corrected chi connectivity index (χ3v) is 7.05. The summed E-state index contributed by atoms with van der Waals surface area (Å²) in [6.07, 6.45) is 10.1. The molecule has 1 fully saturated rings. The molecule has 2 heteroatoms. The minimum absolute atomic E-state index is 0.214. The third kappa shape index (κ3) is 5.31. The maximum atomic E-state index is 9.64. The van der Waals surface area contributed by atoms with Crippen LogP contribution in [0.25, 0.3) is 11.1 Å². The zero-order chi connectivity index (χ0) is 22.3. The van der Waals surface area contributed by atoms with Gasteiger partial charge in [-0.2, -0.15) is 0 Å². The highest BCUT2D eigenvalue weighted by atomic mass is 16.2. The smallest absolute Gasteiger partial charge is 0.0434 e. The van der Waals surface area contributed by atoms with Crippen LogP contribution in [0.4, 0.5) is 0 Å². The topological polar surface area (TPSA) is 32.3 Å². The van der Waals surface area contributed by atoms with Gasteiger partial charge in [0.25, 0.3) is 0 Å². The molecule has 1 aliphatic carbocycles. The van der Waals surface area contributed by atoms with Gasteiger partial charge >= 0.3 is 0 Å². The number of benzene rings is 2. The Labute approximate surface area is 193 Å². The van der Waals surface area contributed by atoms with E-state index in [1.165, 1.54) is 46.3 Å². The van der Waals surface area contributed by atoms with Crippen LogP contribution in [0.15, 0.2) is 77.9 Å². The van der Waals surface area contributed by atoms with Crippen LogP contribution in [-0.2, 0) is 0 Å². The van der Waals surface area contributed by atoms with Crippen molar-refractivity contribution in [2.24, 2.45) is 11.8 Å². The number of allylic oxidation sites excluding steroid dienone is 6. The van der Waals surface area contributed by atoms with Crippen LogP contribution in [0.5, 0.6) is 0 Å². The molecule has 2 aliphatic rings. The molecule has 0 aromatic heterocycles. The highest BCUT2D eigenvalue weighted by molar-refractivity contribution is 5.99. The number of hydrogen-bond acceptors (Lipinski definition) is 2. The second-order valence-corrected chi connectivity index (χ2v) is 9.41. The van der Waals surface area contributed by atoms with Gasteiger partial charge in [-0.1, -0.05) is 84.8 Å². The first-order chi connectivity index (χ1) is 15.7. The lowest BCUT2D eigenvalue weighted by Gasteiger charge is -2.32. The summed E-state index contributed by atoms with van der Waals surface area (Å²) >= 11 is 0. The van der Waals surface area contributed by atoms with E-state index < -0.39 is 0 Å². The van der Waals surface area contributed by atoms with Crippen molar-refractivity contribution in [2.75, 3.05) is 19.7 Å². The lowest BCUT2D eigenvalue weighted by atomic mass is 9.75. The van der Waals surface area contributed by atoms with E-state index in [9.17, 15) is 5.11 Å². The van der Waals surface area contributed by atoms with Gasteiger partial charge in [-0.3, -0.25) is 0 Å². The minimum Gasteiger partial charge on any atom is -0.396 e. The summed E-state index contributed by atoms with van der Waals surface area (Å²) in [6, 6.07) is 19.7. The van der Waals surface area contributed by atoms with Crippen molar-refractivity contribution in [3.05, 3.63) is 94.6 Å². The molecule has 2 aromatic rings. The molecule has 168 valence electrons. The van der Waals surface area contributed by atoms with E-state index in [0.29, 0.717) is 5.92 Å². The highest BCUT2D eigenvalue weighted by Gasteiger charge is 2.26. The average molecular weight is 428 g/mol. The third-order valence-electron chi connectivity index (χ3n) is 7.05. The van der Waals surface area contributed by atoms with Crippen molar-refractivity contribution >= 4 is 11.1 Å². The van der Waals surface area contributed by atoms with Crippen LogP contribution >= 0.6 is 0 Å². The lowest BCUT2D eigenvalue weighted by Crippen LogP contribution is -2.29. The number of rotatable bonds is 7. The largest absolute Gasteiger partial charge is 0.396 e. The Morgan fingerprint density at radius 3 is 2.31 bits per heavy atom. The fraction of sp³-hybridized carbons (Fsp3) is 0.400. The predicted octanol–water partition coefficient (Wildman–Crippen LogP) is 6.57. The number of aliphatic hydroxyl groups is 1. The Bertz CT molecular complexity index is 975. The van der Waals surface area contributed by atoms with Crippen LogP contribution in [0.1, 0.15) is 55.7 Å². The molecule has 0 bridgehead atoms. The van der Waals surface area contributed by atoms with Gasteiger partial charge in [-0.15, -0.1) is 0 Å². The zero-order valence-corrected chi connectivity index (χ0v) is 19.6. The van der Waals surface area contributed by atoms with Crippen molar-refractivity contribution in [2.45, 2.75) is 46.0 Å². The normalized spacial score (nSPS) is 20.4. The molecular formula is C30H37NO. The molecule has 1 atom stereocenters. The Kier molecular flexibility index (Phi) is 7.78. The van der Waals surface area contributed by atoms with Gasteiger partial charge in [0.05, 0.1) is 0 Å². The first kappa shape index (κ1) is 22.8. The van der Waals surface area contributed by atoms with E-state index in [1.807, 2.05) is 0 Å². The fourth-order valence-electron chi connectivity index (χ4n) is 5.26. The number of piperidine rings is 1. The van der Waals surface area contributed by atoms with Gasteiger partial charge in [0, 0.05) is 6.61 Å². The molecule has 2 aromatic carbocycles. The Hall–Kier alpha value is -2.42. The molecule has 4 rings (SSSR count). The first-order valence-corrected chi connectivity index (χ1v) is 12.3. The molecule has 0 radical (unpaired) electrons. The molecule has 2 nitrogen and oxygen atoms in total. The standard InChI is InChI=1S/C30H37NO/c1-22-10-12-26(13-11-22)30(29(9-6-20-32)25-7-4-3-5-8-25)28-15-14-27(21-23(28)2)24-16-18-31-19-17-24/h3-5,7-8,10-15,23-24,31-32H,6,9,16-21H2,1-2H3/b30-29-/t23-/m1/s1.